The zero-order valence-electron chi connectivity index (χ0n) is 30.1. The van der Waals surface area contributed by atoms with Crippen LogP contribution in [0.1, 0.15) is 0 Å². The predicted molar refractivity (Wildman–Crippen MR) is 233 cm³/mol. The lowest BCUT2D eigenvalue weighted by Gasteiger charge is -2.12. The summed E-state index contributed by atoms with van der Waals surface area (Å²) in [6.45, 7) is 0. The van der Waals surface area contributed by atoms with Crippen molar-refractivity contribution in [3.05, 3.63) is 188 Å². The first-order valence-corrected chi connectivity index (χ1v) is 19.5. The molecule has 11 rings (SSSR count). The Labute approximate surface area is 327 Å². The number of fused-ring (bicyclic) bond motifs is 6. The Balaban J connectivity index is 0.977. The van der Waals surface area contributed by atoms with Gasteiger partial charge in [-0.1, -0.05) is 164 Å². The molecule has 5 heteroatoms. The number of hydrogen-bond acceptors (Lipinski definition) is 5. The Bertz CT molecular complexity index is 3180. The Morgan fingerprint density at radius 1 is 0.339 bits per heavy atom. The van der Waals surface area contributed by atoms with Crippen molar-refractivity contribution in [2.45, 2.75) is 0 Å². The highest BCUT2D eigenvalue weighted by atomic mass is 32.1. The molecule has 0 N–H and O–H groups in total. The molecular weight excluding hydrogens is 703 g/mol. The molecule has 3 heterocycles. The largest absolute Gasteiger partial charge is 0.456 e. The number of nitrogens with zero attached hydrogens (tertiary/aromatic N) is 3. The van der Waals surface area contributed by atoms with Crippen molar-refractivity contribution in [1.82, 2.24) is 15.0 Å². The molecule has 4 nitrogen and oxygen atoms in total. The fourth-order valence-electron chi connectivity index (χ4n) is 7.89. The van der Waals surface area contributed by atoms with Gasteiger partial charge in [0.2, 0.25) is 0 Å². The number of thiophene rings is 1. The highest BCUT2D eigenvalue weighted by Crippen LogP contribution is 2.45. The van der Waals surface area contributed by atoms with E-state index in [0.717, 1.165) is 55.3 Å². The molecule has 0 amide bonds. The summed E-state index contributed by atoms with van der Waals surface area (Å²) in [5, 5.41) is 4.82. The molecule has 0 aliphatic carbocycles. The van der Waals surface area contributed by atoms with Gasteiger partial charge in [-0.3, -0.25) is 0 Å². The summed E-state index contributed by atoms with van der Waals surface area (Å²) in [6, 6.07) is 65.6. The highest BCUT2D eigenvalue weighted by Gasteiger charge is 2.19. The molecule has 0 bridgehead atoms. The van der Waals surface area contributed by atoms with E-state index in [0.29, 0.717) is 17.5 Å². The van der Waals surface area contributed by atoms with Crippen LogP contribution >= 0.6 is 11.3 Å². The molecule has 0 radical (unpaired) electrons. The molecule has 56 heavy (non-hydrogen) atoms. The van der Waals surface area contributed by atoms with Gasteiger partial charge in [-0.15, -0.1) is 11.3 Å². The quantitative estimate of drug-likeness (QED) is 0.171. The van der Waals surface area contributed by atoms with E-state index < -0.39 is 0 Å². The molecule has 0 aliphatic heterocycles. The van der Waals surface area contributed by atoms with Gasteiger partial charge in [0.1, 0.15) is 11.2 Å². The third-order valence-electron chi connectivity index (χ3n) is 10.6. The first-order chi connectivity index (χ1) is 27.7. The van der Waals surface area contributed by atoms with Crippen LogP contribution in [0.15, 0.2) is 192 Å². The molecule has 11 aromatic rings. The van der Waals surface area contributed by atoms with Crippen LogP contribution in [0.5, 0.6) is 0 Å². The lowest BCUT2D eigenvalue weighted by atomic mass is 9.91. The van der Waals surface area contributed by atoms with Crippen LogP contribution in [0, 0.1) is 0 Å². The molecule has 0 saturated heterocycles. The predicted octanol–water partition coefficient (Wildman–Crippen LogP) is 14.1. The zero-order chi connectivity index (χ0) is 37.0. The van der Waals surface area contributed by atoms with Gasteiger partial charge in [-0.05, 0) is 52.1 Å². The van der Waals surface area contributed by atoms with Crippen molar-refractivity contribution in [3.8, 4) is 67.5 Å². The number of furan rings is 1. The maximum absolute atomic E-state index is 6.61. The van der Waals surface area contributed by atoms with Gasteiger partial charge < -0.3 is 4.42 Å². The van der Waals surface area contributed by atoms with Crippen LogP contribution in [0.25, 0.3) is 110 Å². The average molecular weight is 734 g/mol. The van der Waals surface area contributed by atoms with Gasteiger partial charge in [0, 0.05) is 53.2 Å². The monoisotopic (exact) mass is 733 g/mol. The molecule has 0 fully saturated rings. The van der Waals surface area contributed by atoms with Crippen LogP contribution in [-0.4, -0.2) is 15.0 Å². The maximum atomic E-state index is 6.61. The highest BCUT2D eigenvalue weighted by molar-refractivity contribution is 7.26. The molecule has 0 spiro atoms. The molecule has 8 aromatic carbocycles. The van der Waals surface area contributed by atoms with Crippen molar-refractivity contribution in [1.29, 1.82) is 0 Å². The minimum Gasteiger partial charge on any atom is -0.456 e. The summed E-state index contributed by atoms with van der Waals surface area (Å²) < 4.78 is 9.23. The molecule has 262 valence electrons. The van der Waals surface area contributed by atoms with E-state index in [1.54, 1.807) is 0 Å². The fraction of sp³-hybridized carbons (Fsp3) is 0. The van der Waals surface area contributed by atoms with Gasteiger partial charge in [0.15, 0.2) is 17.5 Å². The second-order valence-corrected chi connectivity index (χ2v) is 15.0. The van der Waals surface area contributed by atoms with Crippen LogP contribution in [-0.2, 0) is 0 Å². The number of benzene rings is 8. The summed E-state index contributed by atoms with van der Waals surface area (Å²) in [5.41, 5.74) is 11.5. The number of aromatic nitrogens is 3. The van der Waals surface area contributed by atoms with E-state index in [1.165, 1.54) is 36.9 Å². The zero-order valence-corrected chi connectivity index (χ0v) is 30.9. The van der Waals surface area contributed by atoms with Crippen molar-refractivity contribution in [2.24, 2.45) is 0 Å². The Morgan fingerprint density at radius 3 is 1.57 bits per heavy atom. The van der Waals surface area contributed by atoms with Crippen LogP contribution < -0.4 is 0 Å². The normalized spacial score (nSPS) is 11.6. The second-order valence-electron chi connectivity index (χ2n) is 13.9. The summed E-state index contributed by atoms with van der Waals surface area (Å²) in [4.78, 5) is 14.7. The van der Waals surface area contributed by atoms with Crippen LogP contribution in [0.2, 0.25) is 0 Å². The topological polar surface area (TPSA) is 51.8 Å². The first kappa shape index (κ1) is 32.2. The Morgan fingerprint density at radius 2 is 0.857 bits per heavy atom. The first-order valence-electron chi connectivity index (χ1n) is 18.7. The van der Waals surface area contributed by atoms with E-state index in [1.807, 2.05) is 72.0 Å². The maximum Gasteiger partial charge on any atom is 0.164 e. The molecule has 3 aromatic heterocycles. The molecular formula is C51H31N3OS. The van der Waals surface area contributed by atoms with Crippen molar-refractivity contribution >= 4 is 53.4 Å². The second kappa shape index (κ2) is 13.3. The van der Waals surface area contributed by atoms with Crippen molar-refractivity contribution in [3.63, 3.8) is 0 Å². The minimum atomic E-state index is 0.633. The van der Waals surface area contributed by atoms with Crippen LogP contribution in [0.4, 0.5) is 0 Å². The molecule has 0 unspecified atom stereocenters. The van der Waals surface area contributed by atoms with E-state index in [-0.39, 0.29) is 0 Å². The van der Waals surface area contributed by atoms with Gasteiger partial charge in [0.25, 0.3) is 0 Å². The molecule has 0 atom stereocenters. The lowest BCUT2D eigenvalue weighted by Crippen LogP contribution is -2.00. The summed E-state index contributed by atoms with van der Waals surface area (Å²) in [7, 11) is 0. The summed E-state index contributed by atoms with van der Waals surface area (Å²) in [5.74, 6) is 1.93. The van der Waals surface area contributed by atoms with E-state index in [2.05, 4.69) is 127 Å². The standard InChI is InChI=1S/C51H31N3OS/c1-3-13-33(14-4-1)49-52-50(34-15-5-2-6-16-34)54-51(53-49)35-27-25-32(26-28-35)36-29-30-43-45(31-36)55-44-23-12-20-40(47(43)44)37-17-7-8-18-38(37)41-21-11-22-42-39-19-9-10-24-46(39)56-48(41)42/h1-31H. The van der Waals surface area contributed by atoms with Gasteiger partial charge in [-0.25, -0.2) is 15.0 Å². The van der Waals surface area contributed by atoms with E-state index in [9.17, 15) is 0 Å². The van der Waals surface area contributed by atoms with Crippen LogP contribution in [0.3, 0.4) is 0 Å². The third-order valence-corrected chi connectivity index (χ3v) is 11.8. The lowest BCUT2D eigenvalue weighted by molar-refractivity contribution is 0.669. The molecule has 0 aliphatic rings. The number of hydrogen-bond donors (Lipinski definition) is 0. The third kappa shape index (κ3) is 5.48. The minimum absolute atomic E-state index is 0.633. The summed E-state index contributed by atoms with van der Waals surface area (Å²) in [6.07, 6.45) is 0. The Kier molecular flexibility index (Phi) is 7.64. The summed E-state index contributed by atoms with van der Waals surface area (Å²) >= 11 is 1.86. The van der Waals surface area contributed by atoms with Crippen molar-refractivity contribution < 1.29 is 4.42 Å². The Hall–Kier alpha value is -7.21. The van der Waals surface area contributed by atoms with Gasteiger partial charge >= 0.3 is 0 Å². The SMILES string of the molecule is c1ccc(-c2nc(-c3ccccc3)nc(-c3ccc(-c4ccc5c(c4)oc4cccc(-c6ccccc6-c6cccc7c6sc6ccccc67)c45)cc3)n2)cc1. The van der Waals surface area contributed by atoms with Gasteiger partial charge in [0.05, 0.1) is 0 Å². The average Bonchev–Trinajstić information content (AvgIpc) is 3.85. The fourth-order valence-corrected chi connectivity index (χ4v) is 9.12. The van der Waals surface area contributed by atoms with E-state index >= 15 is 0 Å². The number of rotatable bonds is 6. The van der Waals surface area contributed by atoms with Gasteiger partial charge in [-0.2, -0.15) is 0 Å². The van der Waals surface area contributed by atoms with E-state index in [4.69, 9.17) is 19.4 Å². The smallest absolute Gasteiger partial charge is 0.164 e. The molecule has 0 saturated carbocycles. The van der Waals surface area contributed by atoms with Crippen molar-refractivity contribution in [2.75, 3.05) is 0 Å².